The number of hydrogen-bond donors (Lipinski definition) is 3. The molecule has 3 aromatic rings. The maximum absolute atomic E-state index is 13.7. The van der Waals surface area contributed by atoms with E-state index in [9.17, 15) is 10.1 Å². The summed E-state index contributed by atoms with van der Waals surface area (Å²) < 4.78 is 7.46. The van der Waals surface area contributed by atoms with Crippen molar-refractivity contribution in [3.63, 3.8) is 0 Å². The largest absolute Gasteiger partial charge is 0.382 e. The quantitative estimate of drug-likeness (QED) is 0.380. The number of benzene rings is 1. The third-order valence-electron chi connectivity index (χ3n) is 8.95. The van der Waals surface area contributed by atoms with Gasteiger partial charge in [-0.15, -0.1) is 10.2 Å². The molecule has 0 bridgehead atoms. The van der Waals surface area contributed by atoms with Gasteiger partial charge in [-0.05, 0) is 60.9 Å². The maximum Gasteiger partial charge on any atom is 0.274 e. The predicted octanol–water partition coefficient (Wildman–Crippen LogP) is 4.04. The normalized spacial score (nSPS) is 23.2. The molecule has 3 aliphatic rings. The summed E-state index contributed by atoms with van der Waals surface area (Å²) in [6.07, 6.45) is 5.86. The fourth-order valence-electron chi connectivity index (χ4n) is 6.64. The number of anilines is 2. The third kappa shape index (κ3) is 5.20. The van der Waals surface area contributed by atoms with Crippen LogP contribution in [0.5, 0.6) is 0 Å². The van der Waals surface area contributed by atoms with E-state index < -0.39 is 0 Å². The van der Waals surface area contributed by atoms with Crippen molar-refractivity contribution in [3.05, 3.63) is 65.0 Å². The second-order valence-corrected chi connectivity index (χ2v) is 12.4. The number of nitrogens with zero attached hydrogens (tertiary/aromatic N) is 5. The van der Waals surface area contributed by atoms with E-state index in [2.05, 4.69) is 52.1 Å². The van der Waals surface area contributed by atoms with Gasteiger partial charge in [0, 0.05) is 56.9 Å². The van der Waals surface area contributed by atoms with E-state index in [1.165, 1.54) is 0 Å². The summed E-state index contributed by atoms with van der Waals surface area (Å²) in [6.45, 7) is 7.32. The molecule has 2 aliphatic heterocycles. The van der Waals surface area contributed by atoms with Crippen molar-refractivity contribution in [3.8, 4) is 6.07 Å². The van der Waals surface area contributed by atoms with E-state index in [0.717, 1.165) is 73.8 Å². The summed E-state index contributed by atoms with van der Waals surface area (Å²) >= 11 is 0. The number of ether oxygens (including phenoxy) is 1. The van der Waals surface area contributed by atoms with Gasteiger partial charge in [0.05, 0.1) is 22.9 Å². The van der Waals surface area contributed by atoms with Crippen LogP contribution in [-0.2, 0) is 29.2 Å². The first-order valence-electron chi connectivity index (χ1n) is 14.5. The molecule has 10 nitrogen and oxygen atoms in total. The number of hydrogen-bond acceptors (Lipinski definition) is 8. The Bertz CT molecular complexity index is 1480. The lowest BCUT2D eigenvalue weighted by Gasteiger charge is -2.46. The smallest absolute Gasteiger partial charge is 0.274 e. The molecule has 2 fully saturated rings. The minimum Gasteiger partial charge on any atom is -0.382 e. The lowest BCUT2D eigenvalue weighted by Crippen LogP contribution is -2.44. The third-order valence-corrected chi connectivity index (χ3v) is 8.95. The van der Waals surface area contributed by atoms with E-state index in [1.807, 2.05) is 35.9 Å². The van der Waals surface area contributed by atoms with Crippen molar-refractivity contribution in [1.29, 1.82) is 5.26 Å². The van der Waals surface area contributed by atoms with Crippen LogP contribution in [0.3, 0.4) is 0 Å². The Hall–Kier alpha value is -3.81. The number of aryl methyl sites for hydroxylation is 1. The summed E-state index contributed by atoms with van der Waals surface area (Å²) in [5.41, 5.74) is 4.70. The van der Waals surface area contributed by atoms with Crippen LogP contribution >= 0.6 is 0 Å². The monoisotopic (exact) mass is 554 g/mol. The fraction of sp³-hybridized carbons (Fsp3) is 0.516. The molecule has 2 aromatic heterocycles. The minimum absolute atomic E-state index is 0.175. The highest BCUT2D eigenvalue weighted by Gasteiger charge is 2.49. The number of amides is 1. The number of aromatic nitrogens is 4. The number of rotatable bonds is 8. The highest BCUT2D eigenvalue weighted by Crippen LogP contribution is 2.53. The van der Waals surface area contributed by atoms with E-state index >= 15 is 0 Å². The number of nitriles is 1. The molecule has 1 aromatic carbocycles. The summed E-state index contributed by atoms with van der Waals surface area (Å²) in [7, 11) is 1.95. The van der Waals surface area contributed by atoms with Gasteiger partial charge in [-0.25, -0.2) is 4.98 Å². The molecule has 214 valence electrons. The Morgan fingerprint density at radius 3 is 2.78 bits per heavy atom. The molecule has 0 atom stereocenters. The zero-order valence-corrected chi connectivity index (χ0v) is 24.0. The van der Waals surface area contributed by atoms with Crippen molar-refractivity contribution >= 4 is 17.3 Å². The molecule has 1 amide bonds. The van der Waals surface area contributed by atoms with E-state index in [1.54, 1.807) is 6.33 Å². The summed E-state index contributed by atoms with van der Waals surface area (Å²) in [6, 6.07) is 12.6. The average molecular weight is 555 g/mol. The summed E-state index contributed by atoms with van der Waals surface area (Å²) in [5, 5.41) is 28.1. The van der Waals surface area contributed by atoms with E-state index in [-0.39, 0.29) is 16.7 Å². The zero-order valence-electron chi connectivity index (χ0n) is 24.0. The molecular formula is C31H38N8O2. The van der Waals surface area contributed by atoms with Crippen LogP contribution in [0.15, 0.2) is 36.7 Å². The molecule has 1 saturated heterocycles. The second-order valence-electron chi connectivity index (χ2n) is 12.4. The van der Waals surface area contributed by atoms with Crippen molar-refractivity contribution in [2.24, 2.45) is 13.0 Å². The Labute approximate surface area is 240 Å². The van der Waals surface area contributed by atoms with Gasteiger partial charge in [-0.3, -0.25) is 4.79 Å². The molecule has 1 saturated carbocycles. The molecule has 41 heavy (non-hydrogen) atoms. The van der Waals surface area contributed by atoms with Gasteiger partial charge in [0.2, 0.25) is 0 Å². The lowest BCUT2D eigenvalue weighted by atomic mass is 9.57. The number of pyridine rings is 1. The van der Waals surface area contributed by atoms with Crippen molar-refractivity contribution in [2.75, 3.05) is 30.4 Å². The fourth-order valence-corrected chi connectivity index (χ4v) is 6.64. The molecule has 4 heterocycles. The number of fused-ring (bicyclic) bond motifs is 1. The van der Waals surface area contributed by atoms with Crippen LogP contribution < -0.4 is 16.0 Å². The molecule has 0 unspecified atom stereocenters. The summed E-state index contributed by atoms with van der Waals surface area (Å²) in [4.78, 5) is 18.5. The molecule has 6 rings (SSSR count). The van der Waals surface area contributed by atoms with Gasteiger partial charge in [-0.1, -0.05) is 26.0 Å². The zero-order chi connectivity index (χ0) is 28.6. The molecule has 3 N–H and O–H groups in total. The highest BCUT2D eigenvalue weighted by atomic mass is 16.5. The molecule has 0 spiro atoms. The molecular weight excluding hydrogens is 516 g/mol. The van der Waals surface area contributed by atoms with Crippen LogP contribution in [0, 0.1) is 17.2 Å². The van der Waals surface area contributed by atoms with Gasteiger partial charge in [-0.2, -0.15) is 5.26 Å². The van der Waals surface area contributed by atoms with Crippen LogP contribution in [0.2, 0.25) is 0 Å². The first-order chi connectivity index (χ1) is 19.8. The van der Waals surface area contributed by atoms with Crippen molar-refractivity contribution < 1.29 is 9.53 Å². The lowest BCUT2D eigenvalue weighted by molar-refractivity contribution is 0.0776. The summed E-state index contributed by atoms with van der Waals surface area (Å²) in [5.74, 6) is 0.964. The average Bonchev–Trinajstić information content (AvgIpc) is 3.52. The van der Waals surface area contributed by atoms with Crippen molar-refractivity contribution in [1.82, 2.24) is 25.1 Å². The first-order valence-corrected chi connectivity index (χ1v) is 14.5. The second kappa shape index (κ2) is 10.9. The number of carbonyl (C=O) groups excluding carboxylic acids is 1. The van der Waals surface area contributed by atoms with Gasteiger partial charge >= 0.3 is 0 Å². The van der Waals surface area contributed by atoms with Gasteiger partial charge in [0.1, 0.15) is 17.8 Å². The van der Waals surface area contributed by atoms with Gasteiger partial charge < -0.3 is 25.3 Å². The SMILES string of the molecule is Cn1cnnc1C1(c2cccc(NC(=O)c3cc(CNC4CCOCC4)c4c(n3)C(C)(C)CN4)c2)CC(CC#N)C1. The van der Waals surface area contributed by atoms with Gasteiger partial charge in [0.15, 0.2) is 0 Å². The van der Waals surface area contributed by atoms with E-state index in [4.69, 9.17) is 9.72 Å². The minimum atomic E-state index is -0.335. The number of nitrogens with one attached hydrogen (secondary N) is 3. The van der Waals surface area contributed by atoms with Crippen molar-refractivity contribution in [2.45, 2.75) is 69.4 Å². The first kappa shape index (κ1) is 27.4. The Morgan fingerprint density at radius 1 is 1.24 bits per heavy atom. The van der Waals surface area contributed by atoms with Gasteiger partial charge in [0.25, 0.3) is 5.91 Å². The Morgan fingerprint density at radius 2 is 2.05 bits per heavy atom. The maximum atomic E-state index is 13.7. The van der Waals surface area contributed by atoms with E-state index in [0.29, 0.717) is 36.3 Å². The molecule has 0 radical (unpaired) electrons. The highest BCUT2D eigenvalue weighted by molar-refractivity contribution is 6.03. The Kier molecular flexibility index (Phi) is 7.26. The van der Waals surface area contributed by atoms with Crippen LogP contribution in [-0.4, -0.2) is 51.5 Å². The van der Waals surface area contributed by atoms with Crippen LogP contribution in [0.1, 0.15) is 79.1 Å². The Balaban J connectivity index is 1.26. The van der Waals surface area contributed by atoms with Crippen LogP contribution in [0.4, 0.5) is 11.4 Å². The van der Waals surface area contributed by atoms with Crippen LogP contribution in [0.25, 0.3) is 0 Å². The number of carbonyl (C=O) groups is 1. The standard InChI is InChI=1S/C31H38N8O2/c1-30(2)18-34-26-21(17-33-23-8-11-41-12-9-23)13-25(37-27(26)30)28(40)36-24-6-4-5-22(14-24)31(15-20(16-31)7-10-32)29-38-35-19-39(29)3/h4-6,13-14,19-20,23,33-34H,7-9,11-12,15-18H2,1-3H3,(H,36,40). The molecule has 1 aliphatic carbocycles. The topological polar surface area (TPSA) is 130 Å². The predicted molar refractivity (Wildman–Crippen MR) is 156 cm³/mol. The molecule has 10 heteroatoms.